The fraction of sp³-hybridized carbons (Fsp3) is 0.167. The highest BCUT2D eigenvalue weighted by molar-refractivity contribution is 9.18. The summed E-state index contributed by atoms with van der Waals surface area (Å²) >= 11 is 3.09. The molecular weight excluding hydrogens is 330 g/mol. The number of amides is 4. The van der Waals surface area contributed by atoms with Crippen molar-refractivity contribution < 1.29 is 19.2 Å². The molecule has 1 aromatic rings. The molecular formula is C12H8BrN3O4. The van der Waals surface area contributed by atoms with E-state index in [4.69, 9.17) is 4.84 Å². The highest BCUT2D eigenvalue weighted by Crippen LogP contribution is 2.46. The number of halogens is 1. The molecule has 0 saturated carbocycles. The van der Waals surface area contributed by atoms with Gasteiger partial charge in [-0.05, 0) is 21.5 Å². The normalized spacial score (nSPS) is 23.9. The van der Waals surface area contributed by atoms with Crippen LogP contribution in [0.5, 0.6) is 0 Å². The number of urea groups is 1. The molecule has 1 aromatic carbocycles. The van der Waals surface area contributed by atoms with Gasteiger partial charge in [0.15, 0.2) is 10.7 Å². The maximum absolute atomic E-state index is 12.2. The van der Waals surface area contributed by atoms with Crippen LogP contribution in [-0.4, -0.2) is 22.5 Å². The van der Waals surface area contributed by atoms with Crippen molar-refractivity contribution in [2.75, 3.05) is 0 Å². The highest BCUT2D eigenvalue weighted by atomic mass is 79.9. The fourth-order valence-electron chi connectivity index (χ4n) is 2.26. The molecule has 1 fully saturated rings. The number of hydrogen-bond donors (Lipinski definition) is 2. The number of nitrogens with one attached hydrogen (secondary N) is 2. The van der Waals surface area contributed by atoms with Crippen LogP contribution in [0.25, 0.3) is 0 Å². The highest BCUT2D eigenvalue weighted by Gasteiger charge is 2.64. The Morgan fingerprint density at radius 1 is 1.10 bits per heavy atom. The molecule has 7 nitrogen and oxygen atoms in total. The van der Waals surface area contributed by atoms with Gasteiger partial charge in [0.2, 0.25) is 5.41 Å². The summed E-state index contributed by atoms with van der Waals surface area (Å²) in [7, 11) is 0. The van der Waals surface area contributed by atoms with E-state index in [9.17, 15) is 14.4 Å². The second-order valence-corrected chi connectivity index (χ2v) is 5.07. The predicted octanol–water partition coefficient (Wildman–Crippen LogP) is 0.819. The average molecular weight is 338 g/mol. The minimum absolute atomic E-state index is 0.0290. The third kappa shape index (κ3) is 1.58. The summed E-state index contributed by atoms with van der Waals surface area (Å²) in [6, 6.07) is 7.87. The molecule has 1 atom stereocenters. The van der Waals surface area contributed by atoms with E-state index < -0.39 is 29.4 Å². The van der Waals surface area contributed by atoms with E-state index in [-0.39, 0.29) is 4.62 Å². The van der Waals surface area contributed by atoms with Crippen molar-refractivity contribution in [2.45, 2.75) is 6.10 Å². The number of imide groups is 2. The SMILES string of the molecule is O=C1NC(=O)C2(C(=O)N1)C(Br)=NOC2c1ccccc1. The number of nitrogens with zero attached hydrogens (tertiary/aromatic N) is 1. The number of carbonyl (C=O) groups excluding carboxylic acids is 3. The molecule has 20 heavy (non-hydrogen) atoms. The van der Waals surface area contributed by atoms with Crippen LogP contribution < -0.4 is 10.6 Å². The first-order chi connectivity index (χ1) is 9.56. The smallest absolute Gasteiger partial charge is 0.328 e. The zero-order chi connectivity index (χ0) is 14.3. The minimum Gasteiger partial charge on any atom is -0.385 e. The van der Waals surface area contributed by atoms with Gasteiger partial charge in [-0.15, -0.1) is 0 Å². The van der Waals surface area contributed by atoms with Gasteiger partial charge in [0.05, 0.1) is 0 Å². The number of rotatable bonds is 1. The lowest BCUT2D eigenvalue weighted by atomic mass is 9.77. The Balaban J connectivity index is 2.12. The zero-order valence-corrected chi connectivity index (χ0v) is 11.5. The summed E-state index contributed by atoms with van der Waals surface area (Å²) < 4.78 is 0.0290. The van der Waals surface area contributed by atoms with Crippen molar-refractivity contribution in [3.8, 4) is 0 Å². The molecule has 0 aliphatic carbocycles. The van der Waals surface area contributed by atoms with E-state index in [2.05, 4.69) is 31.7 Å². The number of barbiturate groups is 1. The molecule has 102 valence electrons. The van der Waals surface area contributed by atoms with Gasteiger partial charge >= 0.3 is 6.03 Å². The molecule has 1 spiro atoms. The first-order valence-corrected chi connectivity index (χ1v) is 6.47. The molecule has 2 aliphatic rings. The largest absolute Gasteiger partial charge is 0.385 e. The number of oxime groups is 1. The average Bonchev–Trinajstić information content (AvgIpc) is 2.76. The summed E-state index contributed by atoms with van der Waals surface area (Å²) in [6.45, 7) is 0. The molecule has 0 bridgehead atoms. The second kappa shape index (κ2) is 4.41. The molecule has 0 aromatic heterocycles. The lowest BCUT2D eigenvalue weighted by Gasteiger charge is -2.32. The van der Waals surface area contributed by atoms with Crippen LogP contribution in [0.15, 0.2) is 35.5 Å². The number of hydrogen-bond acceptors (Lipinski definition) is 5. The van der Waals surface area contributed by atoms with Crippen molar-refractivity contribution in [3.05, 3.63) is 35.9 Å². The van der Waals surface area contributed by atoms with Crippen LogP contribution >= 0.6 is 15.9 Å². The van der Waals surface area contributed by atoms with E-state index in [0.29, 0.717) is 5.56 Å². The van der Waals surface area contributed by atoms with E-state index in [1.165, 1.54) is 0 Å². The number of benzene rings is 1. The van der Waals surface area contributed by atoms with Crippen LogP contribution in [0.1, 0.15) is 11.7 Å². The summed E-state index contributed by atoms with van der Waals surface area (Å²) in [4.78, 5) is 40.9. The zero-order valence-electron chi connectivity index (χ0n) is 9.92. The Morgan fingerprint density at radius 2 is 1.70 bits per heavy atom. The van der Waals surface area contributed by atoms with Gasteiger partial charge in [-0.25, -0.2) is 4.79 Å². The van der Waals surface area contributed by atoms with Crippen LogP contribution in [0, 0.1) is 5.41 Å². The third-order valence-corrected chi connectivity index (χ3v) is 4.00. The summed E-state index contributed by atoms with van der Waals surface area (Å²) in [5, 5.41) is 7.84. The van der Waals surface area contributed by atoms with Crippen LogP contribution in [0.4, 0.5) is 4.79 Å². The first kappa shape index (κ1) is 12.8. The van der Waals surface area contributed by atoms with Crippen molar-refractivity contribution in [2.24, 2.45) is 10.6 Å². The molecule has 2 aliphatic heterocycles. The van der Waals surface area contributed by atoms with Crippen molar-refractivity contribution in [3.63, 3.8) is 0 Å². The molecule has 3 rings (SSSR count). The topological polar surface area (TPSA) is 96.9 Å². The van der Waals surface area contributed by atoms with E-state index in [1.54, 1.807) is 30.3 Å². The van der Waals surface area contributed by atoms with E-state index in [0.717, 1.165) is 0 Å². The summed E-state index contributed by atoms with van der Waals surface area (Å²) in [6.07, 6.45) is -0.939. The molecule has 2 N–H and O–H groups in total. The maximum Gasteiger partial charge on any atom is 0.328 e. The van der Waals surface area contributed by atoms with Crippen LogP contribution in [0.3, 0.4) is 0 Å². The lowest BCUT2D eigenvalue weighted by Crippen LogP contribution is -2.65. The predicted molar refractivity (Wildman–Crippen MR) is 70.7 cm³/mol. The van der Waals surface area contributed by atoms with Gasteiger partial charge in [-0.2, -0.15) is 0 Å². The standard InChI is InChI=1S/C12H8BrN3O4/c13-8-12(9(17)14-11(19)15-10(12)18)7(20-16-8)6-4-2-1-3-5-6/h1-5,7H,(H2,14,15,17,18,19). The van der Waals surface area contributed by atoms with Crippen LogP contribution in [-0.2, 0) is 14.4 Å². The van der Waals surface area contributed by atoms with E-state index in [1.807, 2.05) is 0 Å². The first-order valence-electron chi connectivity index (χ1n) is 5.68. The summed E-state index contributed by atoms with van der Waals surface area (Å²) in [5.74, 6) is -1.54. The van der Waals surface area contributed by atoms with Gasteiger partial charge in [0, 0.05) is 0 Å². The molecule has 4 amide bonds. The molecule has 8 heteroatoms. The van der Waals surface area contributed by atoms with Gasteiger partial charge in [0.25, 0.3) is 11.8 Å². The van der Waals surface area contributed by atoms with Gasteiger partial charge < -0.3 is 4.84 Å². The van der Waals surface area contributed by atoms with E-state index >= 15 is 0 Å². The van der Waals surface area contributed by atoms with Crippen LogP contribution in [0.2, 0.25) is 0 Å². The lowest BCUT2D eigenvalue weighted by molar-refractivity contribution is -0.145. The monoisotopic (exact) mass is 337 g/mol. The maximum atomic E-state index is 12.2. The Bertz CT molecular complexity index is 623. The van der Waals surface area contributed by atoms with Gasteiger partial charge in [-0.3, -0.25) is 20.2 Å². The van der Waals surface area contributed by atoms with Gasteiger partial charge in [0.1, 0.15) is 0 Å². The quantitative estimate of drug-likeness (QED) is 0.741. The Kier molecular flexibility index (Phi) is 2.82. The third-order valence-electron chi connectivity index (χ3n) is 3.23. The Morgan fingerprint density at radius 3 is 2.30 bits per heavy atom. The molecule has 2 heterocycles. The van der Waals surface area contributed by atoms with Crippen molar-refractivity contribution in [1.82, 2.24) is 10.6 Å². The minimum atomic E-state index is -1.73. The van der Waals surface area contributed by atoms with Gasteiger partial charge in [-0.1, -0.05) is 35.5 Å². The number of carbonyl (C=O) groups is 3. The van der Waals surface area contributed by atoms with Crippen molar-refractivity contribution in [1.29, 1.82) is 0 Å². The summed E-state index contributed by atoms with van der Waals surface area (Å²) in [5.41, 5.74) is -1.12. The Labute approximate surface area is 121 Å². The van der Waals surface area contributed by atoms with Crippen molar-refractivity contribution >= 4 is 38.4 Å². The fourth-order valence-corrected chi connectivity index (χ4v) is 2.91. The second-order valence-electron chi connectivity index (χ2n) is 4.32. The molecule has 1 unspecified atom stereocenters. The molecule has 0 radical (unpaired) electrons. The Hall–Kier alpha value is -2.22. The molecule has 1 saturated heterocycles.